The second-order valence-corrected chi connectivity index (χ2v) is 4.41. The van der Waals surface area contributed by atoms with Crippen LogP contribution in [0.5, 0.6) is 0 Å². The summed E-state index contributed by atoms with van der Waals surface area (Å²) in [5.41, 5.74) is 0. The highest BCUT2D eigenvalue weighted by Crippen LogP contribution is 2.44. The molecule has 0 radical (unpaired) electrons. The quantitative estimate of drug-likeness (QED) is 0.574. The van der Waals surface area contributed by atoms with Crippen LogP contribution in [0, 0.1) is 23.7 Å². The lowest BCUT2D eigenvalue weighted by atomic mass is 9.80. The van der Waals surface area contributed by atoms with Gasteiger partial charge in [0.1, 0.15) is 0 Å². The first-order valence-electron chi connectivity index (χ1n) is 5.10. The molecule has 1 aliphatic heterocycles. The van der Waals surface area contributed by atoms with Gasteiger partial charge in [0, 0.05) is 5.92 Å². The van der Waals surface area contributed by atoms with E-state index in [4.69, 9.17) is 9.84 Å². The van der Waals surface area contributed by atoms with Crippen molar-refractivity contribution in [2.45, 2.75) is 19.4 Å². The molecule has 5 atom stereocenters. The van der Waals surface area contributed by atoms with Crippen LogP contribution in [0.1, 0.15) is 13.3 Å². The van der Waals surface area contributed by atoms with Gasteiger partial charge in [0.2, 0.25) is 0 Å². The van der Waals surface area contributed by atoms with Crippen LogP contribution < -0.4 is 0 Å². The Kier molecular flexibility index (Phi) is 2.49. The average molecular weight is 200 g/mol. The van der Waals surface area contributed by atoms with Crippen molar-refractivity contribution in [2.24, 2.45) is 23.7 Å². The molecule has 1 saturated carbocycles. The summed E-state index contributed by atoms with van der Waals surface area (Å²) >= 11 is 0. The monoisotopic (exact) mass is 200 g/mol. The minimum atomic E-state index is -0.423. The zero-order chi connectivity index (χ0) is 10.3. The molecule has 14 heavy (non-hydrogen) atoms. The van der Waals surface area contributed by atoms with Crippen LogP contribution in [-0.2, 0) is 9.53 Å². The molecule has 0 aromatic carbocycles. The Morgan fingerprint density at radius 1 is 1.50 bits per heavy atom. The van der Waals surface area contributed by atoms with E-state index in [1.807, 2.05) is 6.92 Å². The molecule has 1 saturated heterocycles. The number of hydrogen-bond donors (Lipinski definition) is 2. The number of carbonyl (C=O) groups is 1. The number of aliphatic hydroxyl groups excluding tert-OH is 2. The number of esters is 1. The van der Waals surface area contributed by atoms with Crippen LogP contribution in [-0.4, -0.2) is 35.5 Å². The lowest BCUT2D eigenvalue weighted by Gasteiger charge is -2.32. The second kappa shape index (κ2) is 3.51. The van der Waals surface area contributed by atoms with Crippen molar-refractivity contribution in [1.29, 1.82) is 0 Å². The Bertz CT molecular complexity index is 240. The van der Waals surface area contributed by atoms with Gasteiger partial charge >= 0.3 is 5.97 Å². The highest BCUT2D eigenvalue weighted by molar-refractivity contribution is 5.73. The van der Waals surface area contributed by atoms with Gasteiger partial charge in [0.25, 0.3) is 0 Å². The predicted molar refractivity (Wildman–Crippen MR) is 48.3 cm³/mol. The molecular formula is C10H16O4. The molecule has 80 valence electrons. The van der Waals surface area contributed by atoms with Gasteiger partial charge < -0.3 is 14.9 Å². The molecule has 4 nitrogen and oxygen atoms in total. The maximum absolute atomic E-state index is 11.3. The number of carbonyl (C=O) groups excluding carboxylic acids is 1. The minimum absolute atomic E-state index is 0.103. The third-order valence-electron chi connectivity index (χ3n) is 3.78. The number of aliphatic hydroxyl groups is 2. The van der Waals surface area contributed by atoms with Crippen LogP contribution in [0.3, 0.4) is 0 Å². The molecule has 4 heteroatoms. The standard InChI is InChI=1S/C10H16O4/c1-5-8-4-14-10(13)7(3-11)6(8)2-9(5)12/h5-9,11-12H,2-4H2,1H3/t5?,6-,7?,8-,9?/m1/s1. The van der Waals surface area contributed by atoms with E-state index >= 15 is 0 Å². The topological polar surface area (TPSA) is 66.8 Å². The average Bonchev–Trinajstić information content (AvgIpc) is 2.43. The molecule has 2 rings (SSSR count). The van der Waals surface area contributed by atoms with Crippen molar-refractivity contribution >= 4 is 5.97 Å². The minimum Gasteiger partial charge on any atom is -0.465 e. The fourth-order valence-corrected chi connectivity index (χ4v) is 2.75. The largest absolute Gasteiger partial charge is 0.465 e. The van der Waals surface area contributed by atoms with E-state index in [1.165, 1.54) is 0 Å². The van der Waals surface area contributed by atoms with Crippen LogP contribution in [0.4, 0.5) is 0 Å². The summed E-state index contributed by atoms with van der Waals surface area (Å²) in [6.45, 7) is 2.21. The first-order chi connectivity index (χ1) is 6.65. The summed E-state index contributed by atoms with van der Waals surface area (Å²) in [4.78, 5) is 11.3. The third-order valence-corrected chi connectivity index (χ3v) is 3.78. The second-order valence-electron chi connectivity index (χ2n) is 4.41. The van der Waals surface area contributed by atoms with Crippen molar-refractivity contribution in [3.05, 3.63) is 0 Å². The maximum atomic E-state index is 11.3. The van der Waals surface area contributed by atoms with Crippen molar-refractivity contribution < 1.29 is 19.7 Å². The SMILES string of the molecule is CC1C(O)C[C@@H]2C(CO)C(=O)OC[C@H]12. The molecule has 0 aromatic heterocycles. The van der Waals surface area contributed by atoms with Crippen molar-refractivity contribution in [1.82, 2.24) is 0 Å². The lowest BCUT2D eigenvalue weighted by Crippen LogP contribution is -2.40. The van der Waals surface area contributed by atoms with E-state index in [-0.39, 0.29) is 36.4 Å². The summed E-state index contributed by atoms with van der Waals surface area (Å²) < 4.78 is 5.00. The van der Waals surface area contributed by atoms with E-state index < -0.39 is 5.92 Å². The molecule has 3 unspecified atom stereocenters. The Balaban J connectivity index is 2.17. The van der Waals surface area contributed by atoms with Crippen LogP contribution >= 0.6 is 0 Å². The van der Waals surface area contributed by atoms with Crippen molar-refractivity contribution in [3.8, 4) is 0 Å². The number of fused-ring (bicyclic) bond motifs is 1. The molecule has 0 bridgehead atoms. The molecule has 2 N–H and O–H groups in total. The Morgan fingerprint density at radius 2 is 2.21 bits per heavy atom. The van der Waals surface area contributed by atoms with Crippen LogP contribution in [0.15, 0.2) is 0 Å². The number of ether oxygens (including phenoxy) is 1. The van der Waals surface area contributed by atoms with Crippen molar-refractivity contribution in [2.75, 3.05) is 13.2 Å². The van der Waals surface area contributed by atoms with Crippen LogP contribution in [0.25, 0.3) is 0 Å². The Labute approximate surface area is 82.9 Å². The molecular weight excluding hydrogens is 184 g/mol. The van der Waals surface area contributed by atoms with Gasteiger partial charge in [-0.15, -0.1) is 0 Å². The predicted octanol–water partition coefficient (Wildman–Crippen LogP) is -0.215. The van der Waals surface area contributed by atoms with Crippen molar-refractivity contribution in [3.63, 3.8) is 0 Å². The molecule has 1 heterocycles. The fourth-order valence-electron chi connectivity index (χ4n) is 2.75. The first-order valence-corrected chi connectivity index (χ1v) is 5.10. The van der Waals surface area contributed by atoms with E-state index in [9.17, 15) is 9.90 Å². The fraction of sp³-hybridized carbons (Fsp3) is 0.900. The van der Waals surface area contributed by atoms with Gasteiger partial charge in [0.05, 0.1) is 25.2 Å². The highest BCUT2D eigenvalue weighted by atomic mass is 16.5. The van der Waals surface area contributed by atoms with Gasteiger partial charge in [-0.25, -0.2) is 0 Å². The van der Waals surface area contributed by atoms with E-state index in [0.717, 1.165) is 0 Å². The zero-order valence-electron chi connectivity index (χ0n) is 8.22. The summed E-state index contributed by atoms with van der Waals surface area (Å²) in [7, 11) is 0. The summed E-state index contributed by atoms with van der Waals surface area (Å²) in [5.74, 6) is -0.239. The normalized spacial score (nSPS) is 47.4. The van der Waals surface area contributed by atoms with Gasteiger partial charge in [-0.3, -0.25) is 4.79 Å². The number of hydrogen-bond acceptors (Lipinski definition) is 4. The van der Waals surface area contributed by atoms with E-state index in [2.05, 4.69) is 0 Å². The summed E-state index contributed by atoms with van der Waals surface area (Å²) in [6, 6.07) is 0. The molecule has 0 amide bonds. The summed E-state index contributed by atoms with van der Waals surface area (Å²) in [5, 5.41) is 18.8. The van der Waals surface area contributed by atoms with Crippen LogP contribution in [0.2, 0.25) is 0 Å². The smallest absolute Gasteiger partial charge is 0.311 e. The highest BCUT2D eigenvalue weighted by Gasteiger charge is 2.49. The molecule has 0 aromatic rings. The van der Waals surface area contributed by atoms with Gasteiger partial charge in [0.15, 0.2) is 0 Å². The number of cyclic esters (lactones) is 1. The molecule has 2 aliphatic rings. The third kappa shape index (κ3) is 1.33. The Hall–Kier alpha value is -0.610. The van der Waals surface area contributed by atoms with E-state index in [0.29, 0.717) is 13.0 Å². The molecule has 0 spiro atoms. The van der Waals surface area contributed by atoms with Gasteiger partial charge in [-0.05, 0) is 18.3 Å². The first kappa shape index (κ1) is 9.93. The molecule has 2 fully saturated rings. The molecule has 1 aliphatic carbocycles. The van der Waals surface area contributed by atoms with Gasteiger partial charge in [-0.1, -0.05) is 6.92 Å². The summed E-state index contributed by atoms with van der Waals surface area (Å²) in [6.07, 6.45) is 0.264. The Morgan fingerprint density at radius 3 is 2.86 bits per heavy atom. The van der Waals surface area contributed by atoms with Gasteiger partial charge in [-0.2, -0.15) is 0 Å². The zero-order valence-corrected chi connectivity index (χ0v) is 8.22. The number of rotatable bonds is 1. The maximum Gasteiger partial charge on any atom is 0.311 e. The lowest BCUT2D eigenvalue weighted by molar-refractivity contribution is -0.163. The van der Waals surface area contributed by atoms with E-state index in [1.54, 1.807) is 0 Å².